The minimum Gasteiger partial charge on any atom is -0.426 e. The number of aryl methyl sites for hydroxylation is 1. The van der Waals surface area contributed by atoms with E-state index in [9.17, 15) is 4.79 Å². The number of carbonyl (C=O) groups excluding carboxylic acids is 1. The molecule has 140 valence electrons. The number of rotatable bonds is 7. The highest BCUT2D eigenvalue weighted by Crippen LogP contribution is 2.26. The van der Waals surface area contributed by atoms with Gasteiger partial charge < -0.3 is 4.74 Å². The lowest BCUT2D eigenvalue weighted by Gasteiger charge is -2.14. The van der Waals surface area contributed by atoms with Crippen molar-refractivity contribution in [3.05, 3.63) is 54.1 Å². The molecule has 0 aromatic heterocycles. The zero-order chi connectivity index (χ0) is 19.4. The minimum absolute atomic E-state index is 0.308. The summed E-state index contributed by atoms with van der Waals surface area (Å²) in [4.78, 5) is 11.9. The summed E-state index contributed by atoms with van der Waals surface area (Å²) in [6.45, 7) is 7.91. The number of alkyl halides is 1. The summed E-state index contributed by atoms with van der Waals surface area (Å²) in [6, 6.07) is 17.4. The van der Waals surface area contributed by atoms with Crippen molar-refractivity contribution >= 4 is 40.4 Å². The van der Waals surface area contributed by atoms with Crippen LogP contribution in [0, 0.1) is 0 Å². The van der Waals surface area contributed by atoms with Gasteiger partial charge in [-0.3, -0.25) is 4.79 Å². The van der Waals surface area contributed by atoms with Gasteiger partial charge in [-0.15, -0.1) is 0 Å². The predicted octanol–water partition coefficient (Wildman–Crippen LogP) is 6.81. The van der Waals surface area contributed by atoms with Gasteiger partial charge in [0.25, 0.3) is 0 Å². The second-order valence-electron chi connectivity index (χ2n) is 7.66. The van der Waals surface area contributed by atoms with E-state index in [0.717, 1.165) is 30.0 Å². The molecule has 0 unspecified atom stereocenters. The Bertz CT molecular complexity index is 729. The van der Waals surface area contributed by atoms with Gasteiger partial charge in [0.05, 0.1) is 0 Å². The Kier molecular flexibility index (Phi) is 7.11. The Morgan fingerprint density at radius 1 is 1.04 bits per heavy atom. The maximum Gasteiger partial charge on any atom is 0.327 e. The van der Waals surface area contributed by atoms with Crippen LogP contribution in [-0.2, 0) is 11.2 Å². The van der Waals surface area contributed by atoms with Crippen LogP contribution in [0.5, 0.6) is 5.75 Å². The fourth-order valence-electron chi connectivity index (χ4n) is 2.52. The summed E-state index contributed by atoms with van der Waals surface area (Å²) in [6.07, 6.45) is 2.21. The number of hydrogen-bond donors (Lipinski definition) is 0. The van der Waals surface area contributed by atoms with E-state index in [1.807, 2.05) is 24.3 Å². The van der Waals surface area contributed by atoms with Crippen LogP contribution in [0.25, 0.3) is 11.1 Å². The first-order chi connectivity index (χ1) is 12.0. The molecule has 2 aromatic carbocycles. The highest BCUT2D eigenvalue weighted by atomic mass is 79.9. The monoisotopic (exact) mass is 452 g/mol. The van der Waals surface area contributed by atoms with Crippen LogP contribution in [0.1, 0.15) is 25.8 Å². The van der Waals surface area contributed by atoms with Crippen molar-refractivity contribution < 1.29 is 9.53 Å². The first kappa shape index (κ1) is 21.2. The second-order valence-corrected chi connectivity index (χ2v) is 16.6. The summed E-state index contributed by atoms with van der Waals surface area (Å²) in [7, 11) is -1.47. The highest BCUT2D eigenvalue weighted by molar-refractivity contribution is 9.10. The molecule has 0 amide bonds. The normalized spacial score (nSPS) is 12.1. The van der Waals surface area contributed by atoms with Crippen molar-refractivity contribution in [2.24, 2.45) is 0 Å². The Labute approximate surface area is 170 Å². The van der Waals surface area contributed by atoms with E-state index in [1.165, 1.54) is 5.56 Å². The highest BCUT2D eigenvalue weighted by Gasteiger charge is 2.26. The van der Waals surface area contributed by atoms with E-state index < -0.39 is 11.7 Å². The van der Waals surface area contributed by atoms with Crippen LogP contribution in [0.3, 0.4) is 0 Å². The van der Waals surface area contributed by atoms with Gasteiger partial charge >= 0.3 is 5.97 Å². The summed E-state index contributed by atoms with van der Waals surface area (Å²) < 4.78 is 4.68. The molecular weight excluding hydrogens is 428 g/mol. The predicted molar refractivity (Wildman–Crippen MR) is 117 cm³/mol. The van der Waals surface area contributed by atoms with Crippen molar-refractivity contribution in [1.29, 1.82) is 0 Å². The van der Waals surface area contributed by atoms with Crippen LogP contribution in [0.15, 0.2) is 48.5 Å². The average molecular weight is 454 g/mol. The van der Waals surface area contributed by atoms with Crippen molar-refractivity contribution in [2.75, 3.05) is 0 Å². The number of ether oxygens (including phenoxy) is 1. The molecule has 5 heteroatoms. The van der Waals surface area contributed by atoms with E-state index in [0.29, 0.717) is 5.75 Å². The van der Waals surface area contributed by atoms with Crippen molar-refractivity contribution in [3.8, 4) is 16.9 Å². The average Bonchev–Trinajstić information content (AvgIpc) is 2.54. The summed E-state index contributed by atoms with van der Waals surface area (Å²) in [5.74, 6) is 0.244. The fraction of sp³-hybridized carbons (Fsp3) is 0.381. The fourth-order valence-corrected chi connectivity index (χ4v) is 4.02. The van der Waals surface area contributed by atoms with Crippen molar-refractivity contribution in [3.63, 3.8) is 0 Å². The summed E-state index contributed by atoms with van der Waals surface area (Å²) in [5.41, 5.74) is 3.59. The lowest BCUT2D eigenvalue weighted by Crippen LogP contribution is -2.29. The third kappa shape index (κ3) is 6.90. The Balaban J connectivity index is 1.97. The minimum atomic E-state index is -1.47. The lowest BCUT2D eigenvalue weighted by atomic mass is 10.0. The molecule has 0 N–H and O–H groups in total. The van der Waals surface area contributed by atoms with Gasteiger partial charge in [0.2, 0.25) is 0 Å². The molecular formula is C21H26BrClO2Si. The topological polar surface area (TPSA) is 26.3 Å². The number of halogens is 2. The van der Waals surface area contributed by atoms with Crippen LogP contribution in [0.2, 0.25) is 19.1 Å². The van der Waals surface area contributed by atoms with Gasteiger partial charge in [-0.2, -0.15) is 11.1 Å². The zero-order valence-corrected chi connectivity index (χ0v) is 19.2. The number of hydrogen-bond acceptors (Lipinski definition) is 2. The van der Waals surface area contributed by atoms with Gasteiger partial charge in [0.15, 0.2) is 7.38 Å². The van der Waals surface area contributed by atoms with Crippen LogP contribution in [-0.4, -0.2) is 17.7 Å². The number of carbonyl (C=O) groups is 1. The van der Waals surface area contributed by atoms with Gasteiger partial charge in [-0.1, -0.05) is 71.8 Å². The van der Waals surface area contributed by atoms with Crippen LogP contribution >= 0.6 is 27.0 Å². The second kappa shape index (κ2) is 8.72. The molecule has 26 heavy (non-hydrogen) atoms. The molecule has 0 spiro atoms. The molecule has 0 atom stereocenters. The van der Waals surface area contributed by atoms with E-state index in [4.69, 9.17) is 15.8 Å². The van der Waals surface area contributed by atoms with E-state index in [-0.39, 0.29) is 5.97 Å². The summed E-state index contributed by atoms with van der Waals surface area (Å²) in [5, 5.41) is 0. The molecule has 0 fully saturated rings. The van der Waals surface area contributed by atoms with Gasteiger partial charge in [-0.25, -0.2) is 0 Å². The molecule has 2 rings (SSSR count). The van der Waals surface area contributed by atoms with E-state index >= 15 is 0 Å². The molecule has 0 radical (unpaired) electrons. The third-order valence-electron chi connectivity index (χ3n) is 4.07. The van der Waals surface area contributed by atoms with E-state index in [1.54, 1.807) is 13.8 Å². The summed E-state index contributed by atoms with van der Waals surface area (Å²) >= 11 is 9.69. The van der Waals surface area contributed by atoms with Gasteiger partial charge in [-0.05, 0) is 55.1 Å². The molecule has 0 aliphatic carbocycles. The van der Waals surface area contributed by atoms with Crippen LogP contribution < -0.4 is 4.74 Å². The molecule has 2 aromatic rings. The van der Waals surface area contributed by atoms with Crippen LogP contribution in [0.4, 0.5) is 0 Å². The van der Waals surface area contributed by atoms with Gasteiger partial charge in [0, 0.05) is 0 Å². The Hall–Kier alpha value is -1.10. The molecule has 0 bridgehead atoms. The quantitative estimate of drug-likeness (QED) is 0.151. The van der Waals surface area contributed by atoms with Crippen molar-refractivity contribution in [1.82, 2.24) is 0 Å². The molecule has 0 heterocycles. The Morgan fingerprint density at radius 2 is 1.54 bits per heavy atom. The smallest absolute Gasteiger partial charge is 0.327 e. The number of benzene rings is 2. The maximum absolute atomic E-state index is 11.9. The third-order valence-corrected chi connectivity index (χ3v) is 6.51. The van der Waals surface area contributed by atoms with Crippen molar-refractivity contribution in [2.45, 2.75) is 50.2 Å². The lowest BCUT2D eigenvalue weighted by molar-refractivity contribution is -0.136. The maximum atomic E-state index is 11.9. The van der Waals surface area contributed by atoms with E-state index in [2.05, 4.69) is 53.3 Å². The Morgan fingerprint density at radius 3 is 2.00 bits per heavy atom. The first-order valence-corrected chi connectivity index (χ1v) is 13.9. The molecule has 2 nitrogen and oxygen atoms in total. The largest absolute Gasteiger partial charge is 0.426 e. The van der Waals surface area contributed by atoms with Gasteiger partial charge in [0.1, 0.15) is 10.1 Å². The molecule has 0 saturated carbocycles. The molecule has 0 saturated heterocycles. The standard InChI is InChI=1S/C21H26BrClO2Si/c1-21(2,22)20(24)25-19-13-11-18(12-14-19)17-9-7-16(8-10-17)6-5-15-26(3,4)23/h7-14H,5-6,15H2,1-4H3. The first-order valence-electron chi connectivity index (χ1n) is 8.84. The number of esters is 1. The zero-order valence-electron chi connectivity index (χ0n) is 15.8. The molecule has 0 aliphatic heterocycles. The molecule has 0 aliphatic rings. The SMILES string of the molecule is CC(C)(Br)C(=O)Oc1ccc(-c2ccc(CCC[Si](C)(C)Cl)cc2)cc1.